The van der Waals surface area contributed by atoms with Gasteiger partial charge in [-0.25, -0.2) is 0 Å². The zero-order valence-corrected chi connectivity index (χ0v) is 10.2. The topological polar surface area (TPSA) is 62.5 Å². The van der Waals surface area contributed by atoms with Gasteiger partial charge in [-0.3, -0.25) is 0 Å². The molecule has 2 rings (SSSR count). The van der Waals surface area contributed by atoms with Gasteiger partial charge in [-0.2, -0.15) is 0 Å². The smallest absolute Gasteiger partial charge is 0.155 e. The van der Waals surface area contributed by atoms with E-state index in [-0.39, 0.29) is 12.4 Å². The van der Waals surface area contributed by atoms with Crippen molar-refractivity contribution >= 4 is 5.97 Å². The Bertz CT molecular complexity index is 569. The number of hydrogen-bond acceptors (Lipinski definition) is 4. The molecule has 0 amide bonds. The van der Waals surface area contributed by atoms with Gasteiger partial charge in [0.15, 0.2) is 5.76 Å². The monoisotopic (exact) mass is 245 g/mol. The summed E-state index contributed by atoms with van der Waals surface area (Å²) in [4.78, 5) is 10.7. The second-order valence-electron chi connectivity index (χ2n) is 4.10. The minimum absolute atomic E-state index is 0.141. The molecule has 0 bridgehead atoms. The molecule has 2 aromatic rings. The van der Waals surface area contributed by atoms with Crippen LogP contribution in [-0.4, -0.2) is 5.97 Å². The fourth-order valence-electron chi connectivity index (χ4n) is 1.59. The molecule has 0 aliphatic carbocycles. The highest BCUT2D eigenvalue weighted by Crippen LogP contribution is 2.19. The lowest BCUT2D eigenvalue weighted by Gasteiger charge is -2.08. The first-order valence-corrected chi connectivity index (χ1v) is 5.55. The highest BCUT2D eigenvalue weighted by Gasteiger charge is 2.08. The Labute approximate surface area is 105 Å². The summed E-state index contributed by atoms with van der Waals surface area (Å²) in [6, 6.07) is 7.28. The van der Waals surface area contributed by atoms with Gasteiger partial charge in [0, 0.05) is 5.56 Å². The third-order valence-corrected chi connectivity index (χ3v) is 2.80. The molecule has 18 heavy (non-hydrogen) atoms. The number of carboxylic acids is 1. The summed E-state index contributed by atoms with van der Waals surface area (Å²) in [5.74, 6) is -0.818. The number of aryl methyl sites for hydroxylation is 2. The molecule has 1 heterocycles. The van der Waals surface area contributed by atoms with Crippen LogP contribution >= 0.6 is 0 Å². The number of ether oxygens (including phenoxy) is 1. The van der Waals surface area contributed by atoms with Crippen molar-refractivity contribution in [1.29, 1.82) is 0 Å². The highest BCUT2D eigenvalue weighted by molar-refractivity contribution is 5.84. The molecular formula is C14H13O4-. The Morgan fingerprint density at radius 1 is 1.28 bits per heavy atom. The third-order valence-electron chi connectivity index (χ3n) is 2.80. The molecule has 0 N–H and O–H groups in total. The van der Waals surface area contributed by atoms with Crippen molar-refractivity contribution in [3.8, 4) is 5.75 Å². The predicted molar refractivity (Wildman–Crippen MR) is 63.3 cm³/mol. The van der Waals surface area contributed by atoms with Gasteiger partial charge in [0.25, 0.3) is 0 Å². The number of carboxylic acid groups (broad SMARTS) is 1. The molecule has 94 valence electrons. The van der Waals surface area contributed by atoms with E-state index in [4.69, 9.17) is 9.15 Å². The molecule has 0 spiro atoms. The van der Waals surface area contributed by atoms with E-state index in [9.17, 15) is 9.90 Å². The molecule has 0 aliphatic rings. The van der Waals surface area contributed by atoms with Gasteiger partial charge in [-0.05, 0) is 43.2 Å². The fourth-order valence-corrected chi connectivity index (χ4v) is 1.59. The van der Waals surface area contributed by atoms with E-state index < -0.39 is 5.97 Å². The Kier molecular flexibility index (Phi) is 3.37. The van der Waals surface area contributed by atoms with E-state index in [2.05, 4.69) is 0 Å². The first-order chi connectivity index (χ1) is 8.58. The molecule has 1 aromatic carbocycles. The van der Waals surface area contributed by atoms with Crippen LogP contribution in [0.15, 0.2) is 34.9 Å². The second kappa shape index (κ2) is 4.96. The first kappa shape index (κ1) is 12.2. The van der Waals surface area contributed by atoms with Crippen LogP contribution in [0.2, 0.25) is 0 Å². The van der Waals surface area contributed by atoms with Crippen LogP contribution in [0.1, 0.15) is 27.2 Å². The van der Waals surface area contributed by atoms with E-state index in [1.807, 2.05) is 32.0 Å². The van der Waals surface area contributed by atoms with Crippen LogP contribution in [0.4, 0.5) is 0 Å². The fraction of sp³-hybridized carbons (Fsp3) is 0.214. The van der Waals surface area contributed by atoms with Gasteiger partial charge in [-0.15, -0.1) is 0 Å². The molecule has 1 aromatic heterocycles. The Morgan fingerprint density at radius 3 is 2.72 bits per heavy atom. The lowest BCUT2D eigenvalue weighted by molar-refractivity contribution is -0.257. The maximum Gasteiger partial charge on any atom is 0.155 e. The molecule has 0 saturated carbocycles. The summed E-state index contributed by atoms with van der Waals surface area (Å²) in [7, 11) is 0. The van der Waals surface area contributed by atoms with Gasteiger partial charge in [-0.1, -0.05) is 6.07 Å². The standard InChI is InChI=1S/C14H14O4/c1-9-3-4-12(7-10(9)2)18-8-11-5-6-17-13(11)14(15)16/h3-7H,8H2,1-2H3,(H,15,16)/p-1. The van der Waals surface area contributed by atoms with Crippen LogP contribution in [0, 0.1) is 13.8 Å². The van der Waals surface area contributed by atoms with Crippen LogP contribution in [-0.2, 0) is 6.61 Å². The second-order valence-corrected chi connectivity index (χ2v) is 4.10. The molecule has 0 atom stereocenters. The van der Waals surface area contributed by atoms with Gasteiger partial charge < -0.3 is 19.1 Å². The summed E-state index contributed by atoms with van der Waals surface area (Å²) in [6.07, 6.45) is 1.31. The van der Waals surface area contributed by atoms with Gasteiger partial charge in [0.2, 0.25) is 0 Å². The van der Waals surface area contributed by atoms with Crippen molar-refractivity contribution in [2.45, 2.75) is 20.5 Å². The van der Waals surface area contributed by atoms with Gasteiger partial charge >= 0.3 is 0 Å². The summed E-state index contributed by atoms with van der Waals surface area (Å²) in [5.41, 5.74) is 2.77. The zero-order chi connectivity index (χ0) is 13.1. The van der Waals surface area contributed by atoms with Crippen molar-refractivity contribution in [1.82, 2.24) is 0 Å². The average molecular weight is 245 g/mol. The summed E-state index contributed by atoms with van der Waals surface area (Å²) < 4.78 is 10.3. The Morgan fingerprint density at radius 2 is 2.06 bits per heavy atom. The minimum atomic E-state index is -1.33. The van der Waals surface area contributed by atoms with Crippen molar-refractivity contribution in [3.63, 3.8) is 0 Å². The molecule has 0 saturated heterocycles. The predicted octanol–water partition coefficient (Wildman–Crippen LogP) is 1.84. The van der Waals surface area contributed by atoms with Crippen molar-refractivity contribution in [3.05, 3.63) is 53.0 Å². The quantitative estimate of drug-likeness (QED) is 0.824. The normalized spacial score (nSPS) is 10.3. The molecule has 0 unspecified atom stereocenters. The molecular weight excluding hydrogens is 232 g/mol. The Hall–Kier alpha value is -2.23. The molecule has 0 fully saturated rings. The first-order valence-electron chi connectivity index (χ1n) is 5.55. The number of benzene rings is 1. The van der Waals surface area contributed by atoms with E-state index in [0.717, 1.165) is 5.56 Å². The number of aromatic carboxylic acids is 1. The Balaban J connectivity index is 2.09. The largest absolute Gasteiger partial charge is 0.542 e. The summed E-state index contributed by atoms with van der Waals surface area (Å²) >= 11 is 0. The summed E-state index contributed by atoms with van der Waals surface area (Å²) in [5, 5.41) is 10.7. The molecule has 0 radical (unpaired) electrons. The number of rotatable bonds is 4. The lowest BCUT2D eigenvalue weighted by Crippen LogP contribution is -2.23. The highest BCUT2D eigenvalue weighted by atomic mass is 16.5. The van der Waals surface area contributed by atoms with Crippen LogP contribution in [0.5, 0.6) is 5.75 Å². The number of carbonyl (C=O) groups excluding carboxylic acids is 1. The van der Waals surface area contributed by atoms with Crippen molar-refractivity contribution in [2.75, 3.05) is 0 Å². The maximum atomic E-state index is 10.7. The number of carbonyl (C=O) groups is 1. The average Bonchev–Trinajstić information content (AvgIpc) is 2.79. The van der Waals surface area contributed by atoms with Crippen molar-refractivity contribution < 1.29 is 19.1 Å². The van der Waals surface area contributed by atoms with Gasteiger partial charge in [0.1, 0.15) is 18.3 Å². The molecule has 4 heteroatoms. The maximum absolute atomic E-state index is 10.7. The van der Waals surface area contributed by atoms with E-state index in [1.165, 1.54) is 11.8 Å². The van der Waals surface area contributed by atoms with E-state index in [0.29, 0.717) is 11.3 Å². The van der Waals surface area contributed by atoms with Crippen LogP contribution in [0.3, 0.4) is 0 Å². The van der Waals surface area contributed by atoms with Crippen molar-refractivity contribution in [2.24, 2.45) is 0 Å². The zero-order valence-electron chi connectivity index (χ0n) is 10.2. The lowest BCUT2D eigenvalue weighted by atomic mass is 10.1. The molecule has 4 nitrogen and oxygen atoms in total. The van der Waals surface area contributed by atoms with E-state index in [1.54, 1.807) is 6.07 Å². The minimum Gasteiger partial charge on any atom is -0.542 e. The number of hydrogen-bond donors (Lipinski definition) is 0. The van der Waals surface area contributed by atoms with Crippen LogP contribution in [0.25, 0.3) is 0 Å². The SMILES string of the molecule is Cc1ccc(OCc2ccoc2C(=O)[O-])cc1C. The van der Waals surface area contributed by atoms with Gasteiger partial charge in [0.05, 0.1) is 6.26 Å². The third kappa shape index (κ3) is 2.53. The summed E-state index contributed by atoms with van der Waals surface area (Å²) in [6.45, 7) is 4.15. The number of furan rings is 1. The molecule has 0 aliphatic heterocycles. The van der Waals surface area contributed by atoms with Crippen LogP contribution < -0.4 is 9.84 Å². The van der Waals surface area contributed by atoms with E-state index >= 15 is 0 Å².